The fraction of sp³-hybridized carbons (Fsp3) is 0.250. The summed E-state index contributed by atoms with van der Waals surface area (Å²) in [5, 5.41) is 7.43. The zero-order valence-electron chi connectivity index (χ0n) is 11.6. The molecule has 0 unspecified atom stereocenters. The van der Waals surface area contributed by atoms with Gasteiger partial charge in [0.25, 0.3) is 5.82 Å². The molecule has 0 aliphatic rings. The molecule has 0 aliphatic heterocycles. The molecule has 11 heteroatoms. The first-order chi connectivity index (χ1) is 10.7. The first-order valence-electron chi connectivity index (χ1n) is 6.20. The van der Waals surface area contributed by atoms with Crippen LogP contribution in [-0.2, 0) is 11.0 Å². The minimum atomic E-state index is -4.75. The molecule has 23 heavy (non-hydrogen) atoms. The van der Waals surface area contributed by atoms with Crippen molar-refractivity contribution < 1.29 is 22.4 Å². The summed E-state index contributed by atoms with van der Waals surface area (Å²) in [7, 11) is 0. The molecule has 1 aromatic heterocycles. The summed E-state index contributed by atoms with van der Waals surface area (Å²) in [5.41, 5.74) is -0.0323. The first kappa shape index (κ1) is 17.1. The van der Waals surface area contributed by atoms with Crippen LogP contribution >= 0.6 is 11.8 Å². The lowest BCUT2D eigenvalue weighted by molar-refractivity contribution is -0.146. The lowest BCUT2D eigenvalue weighted by Gasteiger charge is -2.12. The summed E-state index contributed by atoms with van der Waals surface area (Å²) in [4.78, 5) is 12.0. The molecular weight excluding hydrogens is 338 g/mol. The van der Waals surface area contributed by atoms with Crippen molar-refractivity contribution in [1.82, 2.24) is 14.9 Å². The van der Waals surface area contributed by atoms with Gasteiger partial charge in [0.2, 0.25) is 11.1 Å². The molecule has 2 aromatic rings. The van der Waals surface area contributed by atoms with Crippen LogP contribution in [0.4, 0.5) is 23.2 Å². The third-order valence-corrected chi connectivity index (χ3v) is 3.76. The van der Waals surface area contributed by atoms with Gasteiger partial charge in [0.1, 0.15) is 5.82 Å². The van der Waals surface area contributed by atoms with E-state index in [9.17, 15) is 22.4 Å². The van der Waals surface area contributed by atoms with E-state index in [0.717, 1.165) is 0 Å². The SMILES string of the molecule is C[C@H](Sc1nnc(C(F)(F)F)n1N)C(=O)Nc1ccccc1F. The van der Waals surface area contributed by atoms with Crippen molar-refractivity contribution in [3.63, 3.8) is 0 Å². The molecule has 124 valence electrons. The minimum Gasteiger partial charge on any atom is -0.335 e. The van der Waals surface area contributed by atoms with Gasteiger partial charge < -0.3 is 11.2 Å². The Kier molecular flexibility index (Phi) is 4.78. The number of carbonyl (C=O) groups excluding carboxylic acids is 1. The molecule has 6 nitrogen and oxygen atoms in total. The number of amides is 1. The summed E-state index contributed by atoms with van der Waals surface area (Å²) in [6.45, 7) is 1.42. The molecule has 0 spiro atoms. The van der Waals surface area contributed by atoms with E-state index in [2.05, 4.69) is 15.5 Å². The lowest BCUT2D eigenvalue weighted by atomic mass is 10.3. The molecule has 0 fully saturated rings. The number of thioether (sulfide) groups is 1. The maximum absolute atomic E-state index is 13.4. The Morgan fingerprint density at radius 1 is 1.35 bits per heavy atom. The fourth-order valence-electron chi connectivity index (χ4n) is 1.56. The lowest BCUT2D eigenvalue weighted by Crippen LogP contribution is -2.25. The number of anilines is 1. The van der Waals surface area contributed by atoms with E-state index in [1.165, 1.54) is 31.2 Å². The number of aromatic nitrogens is 3. The van der Waals surface area contributed by atoms with Crippen LogP contribution in [0.1, 0.15) is 12.7 Å². The average molecular weight is 349 g/mol. The largest absolute Gasteiger partial charge is 0.453 e. The maximum Gasteiger partial charge on any atom is 0.453 e. The highest BCUT2D eigenvalue weighted by Gasteiger charge is 2.38. The molecule has 3 N–H and O–H groups in total. The van der Waals surface area contributed by atoms with E-state index in [1.54, 1.807) is 0 Å². The third-order valence-electron chi connectivity index (χ3n) is 2.70. The molecule has 1 amide bonds. The van der Waals surface area contributed by atoms with Gasteiger partial charge in [0.15, 0.2) is 0 Å². The topological polar surface area (TPSA) is 85.8 Å². The number of alkyl halides is 3. The van der Waals surface area contributed by atoms with E-state index in [0.29, 0.717) is 11.8 Å². The van der Waals surface area contributed by atoms with Crippen molar-refractivity contribution in [3.05, 3.63) is 35.9 Å². The second-order valence-corrected chi connectivity index (χ2v) is 5.71. The summed E-state index contributed by atoms with van der Waals surface area (Å²) in [6, 6.07) is 5.51. The number of hydrogen-bond acceptors (Lipinski definition) is 5. The van der Waals surface area contributed by atoms with E-state index in [-0.39, 0.29) is 15.5 Å². The standard InChI is InChI=1S/C12H11F4N5OS/c1-6(9(22)18-8-5-3-2-4-7(8)13)23-11-20-19-10(21(11)17)12(14,15)16/h2-6H,17H2,1H3,(H,18,22)/t6-/m0/s1. The highest BCUT2D eigenvalue weighted by molar-refractivity contribution is 8.00. The maximum atomic E-state index is 13.4. The first-order valence-corrected chi connectivity index (χ1v) is 7.08. The number of hydrogen-bond donors (Lipinski definition) is 2. The number of rotatable bonds is 4. The Labute approximate surface area is 132 Å². The van der Waals surface area contributed by atoms with E-state index in [4.69, 9.17) is 5.84 Å². The van der Waals surface area contributed by atoms with Crippen molar-refractivity contribution in [2.24, 2.45) is 0 Å². The van der Waals surface area contributed by atoms with Gasteiger partial charge in [-0.3, -0.25) is 4.79 Å². The Balaban J connectivity index is 2.07. The zero-order valence-corrected chi connectivity index (χ0v) is 12.5. The van der Waals surface area contributed by atoms with Crippen LogP contribution in [0, 0.1) is 5.82 Å². The summed E-state index contributed by atoms with van der Waals surface area (Å²) in [6.07, 6.45) is -4.75. The monoisotopic (exact) mass is 349 g/mol. The molecular formula is C12H11F4N5OS. The van der Waals surface area contributed by atoms with Gasteiger partial charge >= 0.3 is 6.18 Å². The van der Waals surface area contributed by atoms with Crippen LogP contribution in [0.3, 0.4) is 0 Å². The quantitative estimate of drug-likeness (QED) is 0.502. The number of halogens is 4. The molecule has 0 radical (unpaired) electrons. The van der Waals surface area contributed by atoms with Gasteiger partial charge in [-0.15, -0.1) is 10.2 Å². The van der Waals surface area contributed by atoms with Gasteiger partial charge in [-0.1, -0.05) is 23.9 Å². The second-order valence-electron chi connectivity index (χ2n) is 4.40. The van der Waals surface area contributed by atoms with Crippen molar-refractivity contribution in [2.75, 3.05) is 11.2 Å². The molecule has 0 aliphatic carbocycles. The highest BCUT2D eigenvalue weighted by Crippen LogP contribution is 2.30. The predicted molar refractivity (Wildman–Crippen MR) is 75.5 cm³/mol. The van der Waals surface area contributed by atoms with Gasteiger partial charge in [-0.25, -0.2) is 9.07 Å². The second kappa shape index (κ2) is 6.44. The molecule has 1 atom stereocenters. The minimum absolute atomic E-state index is 0.0323. The van der Waals surface area contributed by atoms with Crippen LogP contribution < -0.4 is 11.2 Å². The molecule has 1 aromatic carbocycles. The molecule has 2 rings (SSSR count). The number of nitrogens with one attached hydrogen (secondary N) is 1. The van der Waals surface area contributed by atoms with Gasteiger partial charge in [0.05, 0.1) is 10.9 Å². The Hall–Kier alpha value is -2.30. The molecule has 1 heterocycles. The van der Waals surface area contributed by atoms with Crippen molar-refractivity contribution in [3.8, 4) is 0 Å². The van der Waals surface area contributed by atoms with Crippen molar-refractivity contribution >= 4 is 23.4 Å². The molecule has 0 bridgehead atoms. The van der Waals surface area contributed by atoms with Gasteiger partial charge in [0, 0.05) is 0 Å². The number of nitrogens with two attached hydrogens (primary N) is 1. The third kappa shape index (κ3) is 3.92. The summed E-state index contributed by atoms with van der Waals surface area (Å²) >= 11 is 0.670. The predicted octanol–water partition coefficient (Wildman–Crippen LogP) is 2.27. The Morgan fingerprint density at radius 2 is 2.00 bits per heavy atom. The molecule has 0 saturated carbocycles. The van der Waals surface area contributed by atoms with Crippen molar-refractivity contribution in [2.45, 2.75) is 23.5 Å². The van der Waals surface area contributed by atoms with Crippen LogP contribution in [0.15, 0.2) is 29.4 Å². The van der Waals surface area contributed by atoms with Crippen LogP contribution in [0.2, 0.25) is 0 Å². The smallest absolute Gasteiger partial charge is 0.335 e. The van der Waals surface area contributed by atoms with E-state index >= 15 is 0 Å². The van der Waals surface area contributed by atoms with Crippen LogP contribution in [0.5, 0.6) is 0 Å². The van der Waals surface area contributed by atoms with Crippen LogP contribution in [0.25, 0.3) is 0 Å². The number of nitrogens with zero attached hydrogens (tertiary/aromatic N) is 3. The number of para-hydroxylation sites is 1. The molecule has 0 saturated heterocycles. The summed E-state index contributed by atoms with van der Waals surface area (Å²) in [5.74, 6) is 2.66. The number of benzene rings is 1. The highest BCUT2D eigenvalue weighted by atomic mass is 32.2. The van der Waals surface area contributed by atoms with Gasteiger partial charge in [-0.05, 0) is 19.1 Å². The average Bonchev–Trinajstić information content (AvgIpc) is 2.82. The zero-order chi connectivity index (χ0) is 17.2. The van der Waals surface area contributed by atoms with Gasteiger partial charge in [-0.2, -0.15) is 13.2 Å². The Morgan fingerprint density at radius 3 is 2.57 bits per heavy atom. The van der Waals surface area contributed by atoms with E-state index in [1.807, 2.05) is 0 Å². The van der Waals surface area contributed by atoms with E-state index < -0.39 is 29.0 Å². The summed E-state index contributed by atoms with van der Waals surface area (Å²) < 4.78 is 51.4. The Bertz CT molecular complexity index is 718. The normalized spacial score (nSPS) is 12.9. The van der Waals surface area contributed by atoms with Crippen LogP contribution in [-0.4, -0.2) is 26.0 Å². The van der Waals surface area contributed by atoms with Crippen molar-refractivity contribution in [1.29, 1.82) is 0 Å². The number of carbonyl (C=O) groups is 1. The number of nitrogen functional groups attached to an aromatic ring is 1. The fourth-order valence-corrected chi connectivity index (χ4v) is 2.33.